The molecule has 10 N–H and O–H groups in total. The Morgan fingerprint density at radius 1 is 0.533 bits per heavy atom. The van der Waals surface area contributed by atoms with Gasteiger partial charge in [-0.2, -0.15) is 0 Å². The summed E-state index contributed by atoms with van der Waals surface area (Å²) in [6.07, 6.45) is 4.14. The standard InChI is InChI=1S/C28H49N5O12/c34-17-18-26(42)27(43)25(28(44)45-18)33-20(36)12-10-8-6-4-2-1-3-5-7-9-11-19(35)29-13-21(37)30-14-22(38)31-15-23(39)32-16-24(40)41/h18,25-28,34,42-44H,1-17H2,(H,29,35)(H,30,37)(H,31,38)(H,32,39)(H,33,36)(H,40,41)/t18-,25-,26-,27-,28-/m1/s1. The predicted octanol–water partition coefficient (Wildman–Crippen LogP) is -2.87. The minimum atomic E-state index is -1.53. The number of hydrogen-bond donors (Lipinski definition) is 10. The fourth-order valence-electron chi connectivity index (χ4n) is 4.48. The molecule has 1 aliphatic heterocycles. The normalized spacial score (nSPS) is 20.9. The van der Waals surface area contributed by atoms with E-state index in [1.807, 2.05) is 0 Å². The van der Waals surface area contributed by atoms with Crippen molar-refractivity contribution in [3.05, 3.63) is 0 Å². The van der Waals surface area contributed by atoms with E-state index in [0.717, 1.165) is 51.4 Å². The number of carboxylic acids is 1. The van der Waals surface area contributed by atoms with Gasteiger partial charge in [-0.15, -0.1) is 0 Å². The fraction of sp³-hybridized carbons (Fsp3) is 0.786. The fourth-order valence-corrected chi connectivity index (χ4v) is 4.48. The average molecular weight is 648 g/mol. The van der Waals surface area contributed by atoms with Crippen LogP contribution in [0.4, 0.5) is 0 Å². The summed E-state index contributed by atoms with van der Waals surface area (Å²) in [5.41, 5.74) is 0. The summed E-state index contributed by atoms with van der Waals surface area (Å²) in [4.78, 5) is 69.1. The number of carboxylic acid groups (broad SMARTS) is 1. The molecule has 0 aromatic heterocycles. The number of nitrogens with one attached hydrogen (secondary N) is 5. The Kier molecular flexibility index (Phi) is 20.3. The van der Waals surface area contributed by atoms with Gasteiger partial charge in [-0.25, -0.2) is 0 Å². The number of aliphatic carboxylic acids is 1. The Labute approximate surface area is 261 Å². The number of hydrogen-bond acceptors (Lipinski definition) is 11. The predicted molar refractivity (Wildman–Crippen MR) is 157 cm³/mol. The third-order valence-electron chi connectivity index (χ3n) is 7.06. The van der Waals surface area contributed by atoms with Crippen LogP contribution in [0.15, 0.2) is 0 Å². The molecule has 5 atom stereocenters. The van der Waals surface area contributed by atoms with Crippen molar-refractivity contribution in [2.24, 2.45) is 0 Å². The van der Waals surface area contributed by atoms with E-state index in [1.165, 1.54) is 0 Å². The highest BCUT2D eigenvalue weighted by molar-refractivity contribution is 5.90. The van der Waals surface area contributed by atoms with Crippen LogP contribution in [-0.4, -0.2) is 124 Å². The first-order chi connectivity index (χ1) is 21.4. The summed E-state index contributed by atoms with van der Waals surface area (Å²) in [5, 5.41) is 59.0. The maximum atomic E-state index is 12.1. The molecule has 0 aromatic rings. The molecule has 0 bridgehead atoms. The molecule has 5 amide bonds. The Bertz CT molecular complexity index is 953. The Balaban J connectivity index is 1.95. The molecule has 1 aliphatic rings. The zero-order chi connectivity index (χ0) is 33.6. The number of unbranched alkanes of at least 4 members (excludes halogenated alkanes) is 9. The van der Waals surface area contributed by atoms with E-state index in [4.69, 9.17) is 14.9 Å². The van der Waals surface area contributed by atoms with Crippen molar-refractivity contribution < 1.29 is 59.0 Å². The molecule has 17 heteroatoms. The Hall–Kier alpha value is -3.38. The second kappa shape index (κ2) is 23.0. The molecule has 1 saturated heterocycles. The highest BCUT2D eigenvalue weighted by atomic mass is 16.6. The van der Waals surface area contributed by atoms with E-state index in [-0.39, 0.29) is 31.2 Å². The van der Waals surface area contributed by atoms with Crippen LogP contribution >= 0.6 is 0 Å². The maximum absolute atomic E-state index is 12.1. The number of rotatable bonds is 23. The van der Waals surface area contributed by atoms with Crippen LogP contribution in [0.2, 0.25) is 0 Å². The SMILES string of the molecule is O=C(O)CNC(=O)CNC(=O)CNC(=O)CNC(=O)CCCCCCCCCCCCC(=O)N[C@@H]1[C@@H](O)[C@H](O)[C@@H](CO)O[C@H]1O. The monoisotopic (exact) mass is 647 g/mol. The molecule has 258 valence electrons. The van der Waals surface area contributed by atoms with E-state index >= 15 is 0 Å². The molecule has 0 spiro atoms. The molecule has 0 radical (unpaired) electrons. The first-order valence-corrected chi connectivity index (χ1v) is 15.3. The third kappa shape index (κ3) is 18.2. The zero-order valence-electron chi connectivity index (χ0n) is 25.5. The van der Waals surface area contributed by atoms with Gasteiger partial charge < -0.3 is 56.9 Å². The van der Waals surface area contributed by atoms with Gasteiger partial charge in [0.05, 0.1) is 26.2 Å². The molecule has 0 aromatic carbocycles. The third-order valence-corrected chi connectivity index (χ3v) is 7.06. The van der Waals surface area contributed by atoms with Gasteiger partial charge in [-0.1, -0.05) is 51.4 Å². The van der Waals surface area contributed by atoms with Gasteiger partial charge in [-0.3, -0.25) is 28.8 Å². The number of ether oxygens (including phenoxy) is 1. The van der Waals surface area contributed by atoms with Gasteiger partial charge in [0.25, 0.3) is 0 Å². The second-order valence-electron chi connectivity index (χ2n) is 10.9. The van der Waals surface area contributed by atoms with Crippen LogP contribution in [0.3, 0.4) is 0 Å². The van der Waals surface area contributed by atoms with Crippen LogP contribution in [0, 0.1) is 0 Å². The highest BCUT2D eigenvalue weighted by Gasteiger charge is 2.44. The van der Waals surface area contributed by atoms with E-state index in [0.29, 0.717) is 12.8 Å². The molecule has 1 fully saturated rings. The Morgan fingerprint density at radius 3 is 1.38 bits per heavy atom. The number of carbonyl (C=O) groups is 6. The van der Waals surface area contributed by atoms with Crippen molar-refractivity contribution in [1.29, 1.82) is 0 Å². The minimum absolute atomic E-state index is 0.213. The number of amides is 5. The lowest BCUT2D eigenvalue weighted by molar-refractivity contribution is -0.253. The van der Waals surface area contributed by atoms with Gasteiger partial charge in [0, 0.05) is 12.8 Å². The summed E-state index contributed by atoms with van der Waals surface area (Å²) >= 11 is 0. The lowest BCUT2D eigenvalue weighted by Gasteiger charge is -2.40. The van der Waals surface area contributed by atoms with E-state index in [9.17, 15) is 44.1 Å². The van der Waals surface area contributed by atoms with Gasteiger partial charge >= 0.3 is 5.97 Å². The van der Waals surface area contributed by atoms with Crippen LogP contribution in [0.1, 0.15) is 77.0 Å². The molecule has 45 heavy (non-hydrogen) atoms. The second-order valence-corrected chi connectivity index (χ2v) is 10.9. The smallest absolute Gasteiger partial charge is 0.322 e. The molecule has 1 rings (SSSR count). The van der Waals surface area contributed by atoms with Crippen LogP contribution in [-0.2, 0) is 33.5 Å². The molecular formula is C28H49N5O12. The van der Waals surface area contributed by atoms with Crippen LogP contribution in [0.25, 0.3) is 0 Å². The van der Waals surface area contributed by atoms with Crippen molar-refractivity contribution in [2.75, 3.05) is 32.8 Å². The van der Waals surface area contributed by atoms with E-state index < -0.39 is 80.6 Å². The summed E-state index contributed by atoms with van der Waals surface area (Å²) in [6, 6.07) is -1.17. The largest absolute Gasteiger partial charge is 0.480 e. The first kappa shape index (κ1) is 39.6. The number of carbonyl (C=O) groups excluding carboxylic acids is 5. The van der Waals surface area contributed by atoms with Gasteiger partial charge in [0.15, 0.2) is 6.29 Å². The van der Waals surface area contributed by atoms with E-state index in [1.54, 1.807) is 0 Å². The van der Waals surface area contributed by atoms with E-state index in [2.05, 4.69) is 26.6 Å². The maximum Gasteiger partial charge on any atom is 0.322 e. The van der Waals surface area contributed by atoms with Crippen LogP contribution < -0.4 is 26.6 Å². The summed E-state index contributed by atoms with van der Waals surface area (Å²) in [5.74, 6) is -3.75. The quantitative estimate of drug-likeness (QED) is 0.0502. The van der Waals surface area contributed by atoms with Crippen LogP contribution in [0.5, 0.6) is 0 Å². The topological polar surface area (TPSA) is 273 Å². The zero-order valence-corrected chi connectivity index (χ0v) is 25.5. The summed E-state index contributed by atoms with van der Waals surface area (Å²) in [7, 11) is 0. The van der Waals surface area contributed by atoms with Gasteiger partial charge in [0.2, 0.25) is 29.5 Å². The summed E-state index contributed by atoms with van der Waals surface area (Å²) < 4.78 is 5.03. The molecular weight excluding hydrogens is 598 g/mol. The highest BCUT2D eigenvalue weighted by Crippen LogP contribution is 2.20. The van der Waals surface area contributed by atoms with Crippen molar-refractivity contribution in [2.45, 2.75) is 108 Å². The van der Waals surface area contributed by atoms with Crippen molar-refractivity contribution >= 4 is 35.5 Å². The van der Waals surface area contributed by atoms with Crippen molar-refractivity contribution in [3.8, 4) is 0 Å². The van der Waals surface area contributed by atoms with Gasteiger partial charge in [0.1, 0.15) is 30.9 Å². The molecule has 0 unspecified atom stereocenters. The van der Waals surface area contributed by atoms with Crippen molar-refractivity contribution in [1.82, 2.24) is 26.6 Å². The average Bonchev–Trinajstić information content (AvgIpc) is 3.01. The molecule has 17 nitrogen and oxygen atoms in total. The minimum Gasteiger partial charge on any atom is -0.480 e. The molecule has 1 heterocycles. The Morgan fingerprint density at radius 2 is 0.933 bits per heavy atom. The molecule has 0 aliphatic carbocycles. The van der Waals surface area contributed by atoms with Crippen molar-refractivity contribution in [3.63, 3.8) is 0 Å². The number of aliphatic hydroxyl groups excluding tert-OH is 4. The molecule has 0 saturated carbocycles. The lowest BCUT2D eigenvalue weighted by atomic mass is 9.97. The lowest BCUT2D eigenvalue weighted by Crippen LogP contribution is -2.64. The summed E-state index contributed by atoms with van der Waals surface area (Å²) in [6.45, 7) is -2.25. The first-order valence-electron chi connectivity index (χ1n) is 15.3. The number of aliphatic hydroxyl groups is 4. The van der Waals surface area contributed by atoms with Gasteiger partial charge in [-0.05, 0) is 12.8 Å².